The van der Waals surface area contributed by atoms with Crippen molar-refractivity contribution in [3.8, 4) is 0 Å². The quantitative estimate of drug-likeness (QED) is 0.470. The first kappa shape index (κ1) is 20.6. The molecular formula is C26H21N3O4. The molecule has 33 heavy (non-hydrogen) atoms. The van der Waals surface area contributed by atoms with E-state index < -0.39 is 17.5 Å². The number of fused-ring (bicyclic) bond motifs is 2. The summed E-state index contributed by atoms with van der Waals surface area (Å²) in [7, 11) is 0. The van der Waals surface area contributed by atoms with Gasteiger partial charge in [-0.25, -0.2) is 4.79 Å². The van der Waals surface area contributed by atoms with Crippen molar-refractivity contribution in [2.24, 2.45) is 0 Å². The normalized spacial score (nSPS) is 18.8. The maximum absolute atomic E-state index is 13.2. The van der Waals surface area contributed by atoms with Gasteiger partial charge in [0.05, 0.1) is 6.54 Å². The Balaban J connectivity index is 1.28. The third-order valence-electron chi connectivity index (χ3n) is 6.22. The molecule has 3 aromatic rings. The van der Waals surface area contributed by atoms with Gasteiger partial charge in [0.2, 0.25) is 0 Å². The van der Waals surface area contributed by atoms with Crippen molar-refractivity contribution in [2.75, 3.05) is 11.9 Å². The molecule has 1 spiro atoms. The molecule has 3 aromatic carbocycles. The molecule has 2 aliphatic rings. The van der Waals surface area contributed by atoms with Gasteiger partial charge >= 0.3 is 6.03 Å². The standard InChI is InChI=1S/C26H21N3O4/c30-22(18-10-12-20(13-11-18)27-23(31)19-7-2-1-3-8-19)16-29-24(32)26(28-25(29)33)15-14-17-6-4-5-9-21(17)26/h1-13H,14-16H2,(H,27,31)(H,28,33). The number of carbonyl (C=O) groups excluding carboxylic acids is 4. The number of ketones is 1. The van der Waals surface area contributed by atoms with Crippen LogP contribution in [-0.4, -0.2) is 35.1 Å². The number of nitrogens with one attached hydrogen (secondary N) is 2. The highest BCUT2D eigenvalue weighted by Crippen LogP contribution is 2.41. The third kappa shape index (κ3) is 3.57. The number of hydrogen-bond donors (Lipinski definition) is 2. The lowest BCUT2D eigenvalue weighted by atomic mass is 9.92. The van der Waals surface area contributed by atoms with Crippen LogP contribution >= 0.6 is 0 Å². The van der Waals surface area contributed by atoms with Crippen LogP contribution in [0.15, 0.2) is 78.9 Å². The average molecular weight is 439 g/mol. The van der Waals surface area contributed by atoms with Crippen molar-refractivity contribution >= 4 is 29.3 Å². The lowest BCUT2D eigenvalue weighted by molar-refractivity contribution is -0.131. The van der Waals surface area contributed by atoms with E-state index in [0.29, 0.717) is 29.7 Å². The molecular weight excluding hydrogens is 418 g/mol. The summed E-state index contributed by atoms with van der Waals surface area (Å²) in [5.41, 5.74) is 2.17. The Morgan fingerprint density at radius 1 is 0.879 bits per heavy atom. The molecule has 1 saturated heterocycles. The molecule has 0 saturated carbocycles. The Labute approximate surface area is 190 Å². The van der Waals surface area contributed by atoms with Gasteiger partial charge in [0, 0.05) is 16.8 Å². The highest BCUT2D eigenvalue weighted by atomic mass is 16.2. The molecule has 1 fully saturated rings. The number of urea groups is 1. The number of hydrogen-bond acceptors (Lipinski definition) is 4. The van der Waals surface area contributed by atoms with Crippen LogP contribution in [0, 0.1) is 0 Å². The third-order valence-corrected chi connectivity index (χ3v) is 6.22. The smallest absolute Gasteiger partial charge is 0.322 e. The Morgan fingerprint density at radius 3 is 2.33 bits per heavy atom. The number of carbonyl (C=O) groups is 4. The molecule has 1 aliphatic carbocycles. The van der Waals surface area contributed by atoms with E-state index in [0.717, 1.165) is 16.0 Å². The Kier molecular flexibility index (Phi) is 5.01. The minimum atomic E-state index is -1.08. The van der Waals surface area contributed by atoms with Gasteiger partial charge in [0.1, 0.15) is 5.54 Å². The molecule has 7 nitrogen and oxygen atoms in total. The predicted molar refractivity (Wildman–Crippen MR) is 122 cm³/mol. The van der Waals surface area contributed by atoms with Crippen LogP contribution in [0.3, 0.4) is 0 Å². The number of imide groups is 1. The van der Waals surface area contributed by atoms with Crippen molar-refractivity contribution in [1.82, 2.24) is 10.2 Å². The molecule has 1 atom stereocenters. The second-order valence-corrected chi connectivity index (χ2v) is 8.20. The van der Waals surface area contributed by atoms with Gasteiger partial charge < -0.3 is 10.6 Å². The van der Waals surface area contributed by atoms with Gasteiger partial charge in [-0.05, 0) is 60.4 Å². The van der Waals surface area contributed by atoms with Crippen LogP contribution in [-0.2, 0) is 16.8 Å². The number of Topliss-reactive ketones (excluding diaryl/α,β-unsaturated/α-hetero) is 1. The topological polar surface area (TPSA) is 95.6 Å². The van der Waals surface area contributed by atoms with Gasteiger partial charge in [-0.2, -0.15) is 0 Å². The SMILES string of the molecule is O=C(CN1C(=O)NC2(CCc3ccccc32)C1=O)c1ccc(NC(=O)c2ccccc2)cc1. The van der Waals surface area contributed by atoms with Crippen LogP contribution < -0.4 is 10.6 Å². The molecule has 164 valence electrons. The van der Waals surface area contributed by atoms with Crippen LogP contribution in [0.4, 0.5) is 10.5 Å². The summed E-state index contributed by atoms with van der Waals surface area (Å²) >= 11 is 0. The van der Waals surface area contributed by atoms with Crippen molar-refractivity contribution < 1.29 is 19.2 Å². The van der Waals surface area contributed by atoms with Gasteiger partial charge in [-0.1, -0.05) is 42.5 Å². The van der Waals surface area contributed by atoms with Gasteiger partial charge in [0.15, 0.2) is 5.78 Å². The van der Waals surface area contributed by atoms with E-state index in [-0.39, 0.29) is 18.2 Å². The van der Waals surface area contributed by atoms with Crippen molar-refractivity contribution in [2.45, 2.75) is 18.4 Å². The highest BCUT2D eigenvalue weighted by molar-refractivity contribution is 6.12. The summed E-state index contributed by atoms with van der Waals surface area (Å²) in [4.78, 5) is 52.0. The Bertz CT molecular complexity index is 1270. The Hall–Kier alpha value is -4.26. The van der Waals surface area contributed by atoms with E-state index >= 15 is 0 Å². The minimum Gasteiger partial charge on any atom is -0.322 e. The lowest BCUT2D eigenvalue weighted by Gasteiger charge is -2.22. The lowest BCUT2D eigenvalue weighted by Crippen LogP contribution is -2.42. The van der Waals surface area contributed by atoms with Gasteiger partial charge in [-0.15, -0.1) is 0 Å². The predicted octanol–water partition coefficient (Wildman–Crippen LogP) is 3.52. The van der Waals surface area contributed by atoms with Crippen molar-refractivity contribution in [1.29, 1.82) is 0 Å². The second-order valence-electron chi connectivity index (χ2n) is 8.20. The average Bonchev–Trinajstić information content (AvgIpc) is 3.33. The number of nitrogens with zero attached hydrogens (tertiary/aromatic N) is 1. The fraction of sp³-hybridized carbons (Fsp3) is 0.154. The van der Waals surface area contributed by atoms with Crippen LogP contribution in [0.1, 0.15) is 38.3 Å². The van der Waals surface area contributed by atoms with Crippen LogP contribution in [0.2, 0.25) is 0 Å². The minimum absolute atomic E-state index is 0.254. The molecule has 1 heterocycles. The monoisotopic (exact) mass is 439 g/mol. The molecule has 0 bridgehead atoms. The van der Waals surface area contributed by atoms with E-state index in [1.165, 1.54) is 0 Å². The maximum atomic E-state index is 13.2. The van der Waals surface area contributed by atoms with E-state index in [1.54, 1.807) is 48.5 Å². The summed E-state index contributed by atoms with van der Waals surface area (Å²) < 4.78 is 0. The van der Waals surface area contributed by atoms with E-state index in [4.69, 9.17) is 0 Å². The fourth-order valence-corrected chi connectivity index (χ4v) is 4.50. The largest absolute Gasteiger partial charge is 0.325 e. The van der Waals surface area contributed by atoms with Gasteiger partial charge in [-0.3, -0.25) is 19.3 Å². The van der Waals surface area contributed by atoms with Crippen molar-refractivity contribution in [3.05, 3.63) is 101 Å². The number of amides is 4. The molecule has 5 rings (SSSR count). The molecule has 1 aliphatic heterocycles. The first-order valence-corrected chi connectivity index (χ1v) is 10.7. The summed E-state index contributed by atoms with van der Waals surface area (Å²) in [5, 5.41) is 5.60. The molecule has 1 unspecified atom stereocenters. The zero-order valence-electron chi connectivity index (χ0n) is 17.7. The molecule has 0 aromatic heterocycles. The number of anilines is 1. The molecule has 4 amide bonds. The fourth-order valence-electron chi connectivity index (χ4n) is 4.50. The molecule has 7 heteroatoms. The van der Waals surface area contributed by atoms with E-state index in [1.807, 2.05) is 30.3 Å². The maximum Gasteiger partial charge on any atom is 0.325 e. The van der Waals surface area contributed by atoms with E-state index in [9.17, 15) is 19.2 Å². The highest BCUT2D eigenvalue weighted by Gasteiger charge is 2.55. The van der Waals surface area contributed by atoms with Gasteiger partial charge in [0.25, 0.3) is 11.8 Å². The summed E-state index contributed by atoms with van der Waals surface area (Å²) in [6.07, 6.45) is 1.18. The van der Waals surface area contributed by atoms with Crippen molar-refractivity contribution in [3.63, 3.8) is 0 Å². The summed E-state index contributed by atoms with van der Waals surface area (Å²) in [5.74, 6) is -1.00. The molecule has 2 N–H and O–H groups in total. The summed E-state index contributed by atoms with van der Waals surface area (Å²) in [6.45, 7) is -0.343. The van der Waals surface area contributed by atoms with E-state index in [2.05, 4.69) is 10.6 Å². The van der Waals surface area contributed by atoms with Crippen LogP contribution in [0.25, 0.3) is 0 Å². The molecule has 0 radical (unpaired) electrons. The number of rotatable bonds is 5. The van der Waals surface area contributed by atoms with Crippen LogP contribution in [0.5, 0.6) is 0 Å². The second kappa shape index (κ2) is 8.02. The zero-order chi connectivity index (χ0) is 23.0. The zero-order valence-corrected chi connectivity index (χ0v) is 17.7. The Morgan fingerprint density at radius 2 is 1.58 bits per heavy atom. The summed E-state index contributed by atoms with van der Waals surface area (Å²) in [6, 6.07) is 22.2. The number of benzene rings is 3. The number of aryl methyl sites for hydroxylation is 1. The first-order chi connectivity index (χ1) is 16.0. The first-order valence-electron chi connectivity index (χ1n) is 10.7.